The summed E-state index contributed by atoms with van der Waals surface area (Å²) in [6.45, 7) is 1.85. The molecule has 0 bridgehead atoms. The Bertz CT molecular complexity index is 1470. The van der Waals surface area contributed by atoms with Gasteiger partial charge in [0, 0.05) is 51.9 Å². The summed E-state index contributed by atoms with van der Waals surface area (Å²) in [5.41, 5.74) is 4.05. The van der Waals surface area contributed by atoms with Crippen LogP contribution in [0.3, 0.4) is 0 Å². The summed E-state index contributed by atoms with van der Waals surface area (Å²) in [5, 5.41) is 1.44. The molecule has 2 aromatic heterocycles. The minimum absolute atomic E-state index is 0.111. The molecule has 0 aliphatic heterocycles. The number of ketones is 2. The van der Waals surface area contributed by atoms with Gasteiger partial charge >= 0.3 is 0 Å². The lowest BCUT2D eigenvalue weighted by Gasteiger charge is -2.18. The van der Waals surface area contributed by atoms with Crippen molar-refractivity contribution in [2.24, 2.45) is 7.05 Å². The quantitative estimate of drug-likeness (QED) is 0.410. The van der Waals surface area contributed by atoms with Crippen LogP contribution in [-0.2, 0) is 16.6 Å². The molecule has 1 aliphatic rings. The number of para-hydroxylation sites is 2. The number of hydrogen-bond acceptors (Lipinski definition) is 2. The molecule has 0 saturated heterocycles. The van der Waals surface area contributed by atoms with Crippen molar-refractivity contribution in [3.05, 3.63) is 81.6 Å². The van der Waals surface area contributed by atoms with E-state index >= 15 is 0 Å². The Morgan fingerprint density at radius 2 is 1.43 bits per heavy atom. The van der Waals surface area contributed by atoms with Crippen molar-refractivity contribution in [1.29, 1.82) is 0 Å². The fourth-order valence-corrected chi connectivity index (χ4v) is 4.81. The molecule has 4 nitrogen and oxygen atoms in total. The van der Waals surface area contributed by atoms with Gasteiger partial charge in [0.15, 0.2) is 0 Å². The molecular formula is C24H16Cl2N2O2. The lowest BCUT2D eigenvalue weighted by Crippen LogP contribution is -2.19. The number of Topliss-reactive ketones (excluding diaryl/α,β-unsaturated/α-hetero) is 2. The van der Waals surface area contributed by atoms with Crippen LogP contribution in [0.1, 0.15) is 16.8 Å². The smallest absolute Gasteiger partial charge is 0.207 e. The molecule has 2 aromatic carbocycles. The normalized spacial score (nSPS) is 15.2. The number of fused-ring (bicyclic) bond motifs is 2. The Hall–Kier alpha value is -3.08. The Labute approximate surface area is 182 Å². The van der Waals surface area contributed by atoms with Gasteiger partial charge in [-0.1, -0.05) is 59.6 Å². The van der Waals surface area contributed by atoms with Crippen LogP contribution in [0.2, 0.25) is 0 Å². The molecule has 0 spiro atoms. The number of hydrogen-bond donors (Lipinski definition) is 1. The first-order chi connectivity index (χ1) is 14.4. The first-order valence-corrected chi connectivity index (χ1v) is 10.2. The molecule has 2 heterocycles. The van der Waals surface area contributed by atoms with Crippen molar-refractivity contribution in [1.82, 2.24) is 9.55 Å². The zero-order valence-electron chi connectivity index (χ0n) is 16.2. The second-order valence-corrected chi connectivity index (χ2v) is 8.13. The SMILES string of the molecule is Cc1[nH]c2ccccc2c1C1=C(Cl)C(=O)C(c2cn(C)c3ccccc23)=C(Cl)C1=O. The van der Waals surface area contributed by atoms with Crippen LogP contribution in [0.4, 0.5) is 0 Å². The maximum absolute atomic E-state index is 13.4. The molecular weight excluding hydrogens is 419 g/mol. The van der Waals surface area contributed by atoms with E-state index in [1.807, 2.05) is 67.1 Å². The number of allylic oxidation sites excluding steroid dienone is 4. The summed E-state index contributed by atoms with van der Waals surface area (Å²) in [4.78, 5) is 30.0. The van der Waals surface area contributed by atoms with Gasteiger partial charge in [0.2, 0.25) is 11.6 Å². The number of halogens is 2. The van der Waals surface area contributed by atoms with Crippen LogP contribution in [0.5, 0.6) is 0 Å². The van der Waals surface area contributed by atoms with Gasteiger partial charge in [-0.15, -0.1) is 0 Å². The summed E-state index contributed by atoms with van der Waals surface area (Å²) in [5.74, 6) is -0.894. The second-order valence-electron chi connectivity index (χ2n) is 7.38. The average Bonchev–Trinajstić information content (AvgIpc) is 3.24. The van der Waals surface area contributed by atoms with E-state index in [1.165, 1.54) is 0 Å². The van der Waals surface area contributed by atoms with E-state index < -0.39 is 11.6 Å². The Morgan fingerprint density at radius 1 is 0.833 bits per heavy atom. The number of carbonyl (C=O) groups is 2. The van der Waals surface area contributed by atoms with E-state index in [9.17, 15) is 9.59 Å². The third-order valence-corrected chi connectivity index (χ3v) is 6.32. The average molecular weight is 435 g/mol. The van der Waals surface area contributed by atoms with Crippen molar-refractivity contribution in [2.75, 3.05) is 0 Å². The van der Waals surface area contributed by atoms with E-state index in [2.05, 4.69) is 4.98 Å². The van der Waals surface area contributed by atoms with Gasteiger partial charge in [-0.05, 0) is 19.1 Å². The van der Waals surface area contributed by atoms with Crippen LogP contribution in [0.15, 0.2) is 64.8 Å². The van der Waals surface area contributed by atoms with E-state index in [0.717, 1.165) is 27.5 Å². The summed E-state index contributed by atoms with van der Waals surface area (Å²) in [7, 11) is 1.88. The maximum atomic E-state index is 13.4. The van der Waals surface area contributed by atoms with Gasteiger partial charge in [-0.25, -0.2) is 0 Å². The molecule has 1 aliphatic carbocycles. The molecule has 148 valence electrons. The standard InChI is InChI=1S/C24H16Cl2N2O2/c1-12-18(14-8-3-5-9-16(14)27-12)20-22(26)23(29)19(21(25)24(20)30)15-11-28(2)17-10-6-4-7-13(15)17/h3-11,27H,1-2H3. The topological polar surface area (TPSA) is 54.9 Å². The molecule has 6 heteroatoms. The van der Waals surface area contributed by atoms with E-state index in [-0.39, 0.29) is 21.2 Å². The van der Waals surface area contributed by atoms with Crippen LogP contribution in [-0.4, -0.2) is 21.1 Å². The van der Waals surface area contributed by atoms with Crippen LogP contribution < -0.4 is 0 Å². The molecule has 4 aromatic rings. The number of aromatic nitrogens is 2. The van der Waals surface area contributed by atoms with E-state index in [0.29, 0.717) is 11.1 Å². The Balaban J connectivity index is 1.75. The zero-order chi connectivity index (χ0) is 21.2. The summed E-state index contributed by atoms with van der Waals surface area (Å²) >= 11 is 13.1. The maximum Gasteiger partial charge on any atom is 0.207 e. The highest BCUT2D eigenvalue weighted by atomic mass is 35.5. The Kier molecular flexibility index (Phi) is 4.24. The van der Waals surface area contributed by atoms with Crippen molar-refractivity contribution in [3.63, 3.8) is 0 Å². The number of H-pyrrole nitrogens is 1. The minimum Gasteiger partial charge on any atom is -0.358 e. The predicted octanol–water partition coefficient (Wildman–Crippen LogP) is 5.72. The number of benzene rings is 2. The van der Waals surface area contributed by atoms with Gasteiger partial charge < -0.3 is 9.55 Å². The summed E-state index contributed by atoms with van der Waals surface area (Å²) in [6.07, 6.45) is 1.81. The highest BCUT2D eigenvalue weighted by molar-refractivity contribution is 6.68. The number of aromatic amines is 1. The molecule has 0 unspecified atom stereocenters. The molecule has 0 atom stereocenters. The van der Waals surface area contributed by atoms with Crippen molar-refractivity contribution < 1.29 is 9.59 Å². The zero-order valence-corrected chi connectivity index (χ0v) is 17.7. The molecule has 30 heavy (non-hydrogen) atoms. The molecule has 0 saturated carbocycles. The van der Waals surface area contributed by atoms with E-state index in [4.69, 9.17) is 23.2 Å². The number of rotatable bonds is 2. The molecule has 0 amide bonds. The van der Waals surface area contributed by atoms with E-state index in [1.54, 1.807) is 6.20 Å². The minimum atomic E-state index is -0.447. The highest BCUT2D eigenvalue weighted by Crippen LogP contribution is 2.43. The largest absolute Gasteiger partial charge is 0.358 e. The monoisotopic (exact) mass is 434 g/mol. The fraction of sp³-hybridized carbons (Fsp3) is 0.0833. The first kappa shape index (κ1) is 18.9. The number of nitrogens with zero attached hydrogens (tertiary/aromatic N) is 1. The van der Waals surface area contributed by atoms with Crippen LogP contribution in [0, 0.1) is 6.92 Å². The van der Waals surface area contributed by atoms with Gasteiger partial charge in [0.05, 0.1) is 11.1 Å². The van der Waals surface area contributed by atoms with Gasteiger partial charge in [0.25, 0.3) is 0 Å². The van der Waals surface area contributed by atoms with Gasteiger partial charge in [-0.3, -0.25) is 9.59 Å². The molecule has 0 radical (unpaired) electrons. The van der Waals surface area contributed by atoms with Crippen LogP contribution >= 0.6 is 23.2 Å². The van der Waals surface area contributed by atoms with Gasteiger partial charge in [-0.2, -0.15) is 0 Å². The van der Waals surface area contributed by atoms with Crippen molar-refractivity contribution in [3.8, 4) is 0 Å². The summed E-state index contributed by atoms with van der Waals surface area (Å²) in [6, 6.07) is 15.2. The molecule has 0 fully saturated rings. The molecule has 1 N–H and O–H groups in total. The third-order valence-electron chi connectivity index (χ3n) is 5.60. The predicted molar refractivity (Wildman–Crippen MR) is 122 cm³/mol. The second kappa shape index (κ2) is 6.73. The highest BCUT2D eigenvalue weighted by Gasteiger charge is 2.37. The van der Waals surface area contributed by atoms with Crippen molar-refractivity contribution in [2.45, 2.75) is 6.92 Å². The number of aryl methyl sites for hydroxylation is 2. The number of carbonyl (C=O) groups excluding carboxylic acids is 2. The first-order valence-electron chi connectivity index (χ1n) is 9.41. The third kappa shape index (κ3) is 2.54. The van der Waals surface area contributed by atoms with Gasteiger partial charge in [0.1, 0.15) is 10.1 Å². The van der Waals surface area contributed by atoms with Crippen LogP contribution in [0.25, 0.3) is 33.0 Å². The Morgan fingerprint density at radius 3 is 2.20 bits per heavy atom. The fourth-order valence-electron chi connectivity index (χ4n) is 4.25. The summed E-state index contributed by atoms with van der Waals surface area (Å²) < 4.78 is 1.90. The van der Waals surface area contributed by atoms with Crippen molar-refractivity contribution >= 4 is 67.7 Å². The lowest BCUT2D eigenvalue weighted by molar-refractivity contribution is -0.113. The molecule has 5 rings (SSSR count). The number of nitrogens with one attached hydrogen (secondary N) is 1. The lowest BCUT2D eigenvalue weighted by atomic mass is 9.87.